The monoisotopic (exact) mass is 403 g/mol. The van der Waals surface area contributed by atoms with Crippen LogP contribution < -0.4 is 16.2 Å². The van der Waals surface area contributed by atoms with Gasteiger partial charge in [0.2, 0.25) is 11.8 Å². The Labute approximate surface area is 167 Å². The highest BCUT2D eigenvalue weighted by Crippen LogP contribution is 2.13. The number of halogens is 1. The molecule has 8 heteroatoms. The predicted octanol–water partition coefficient (Wildman–Crippen LogP) is 2.58. The molecule has 1 atom stereocenters. The molecule has 0 heterocycles. The van der Waals surface area contributed by atoms with E-state index in [9.17, 15) is 18.8 Å². The topological polar surface area (TPSA) is 87.3 Å². The van der Waals surface area contributed by atoms with Crippen molar-refractivity contribution in [3.63, 3.8) is 0 Å². The number of benzene rings is 2. The second-order valence-corrected chi connectivity index (χ2v) is 7.54. The van der Waals surface area contributed by atoms with Gasteiger partial charge < -0.3 is 5.32 Å². The molecule has 3 N–H and O–H groups in total. The second-order valence-electron chi connectivity index (χ2n) is 6.21. The van der Waals surface area contributed by atoms with E-state index in [1.54, 1.807) is 6.92 Å². The second kappa shape index (κ2) is 10.5. The number of aryl methyl sites for hydroxylation is 1. The molecule has 0 unspecified atom stereocenters. The molecular weight excluding hydrogens is 381 g/mol. The molecule has 0 bridgehead atoms. The van der Waals surface area contributed by atoms with Gasteiger partial charge in [0.15, 0.2) is 0 Å². The first kappa shape index (κ1) is 21.4. The van der Waals surface area contributed by atoms with Gasteiger partial charge >= 0.3 is 0 Å². The van der Waals surface area contributed by atoms with Crippen LogP contribution in [0, 0.1) is 12.7 Å². The average molecular weight is 403 g/mol. The first-order valence-electron chi connectivity index (χ1n) is 8.65. The van der Waals surface area contributed by atoms with Crippen molar-refractivity contribution >= 4 is 35.2 Å². The Morgan fingerprint density at radius 3 is 2.25 bits per heavy atom. The number of hydrogen-bond donors (Lipinski definition) is 3. The van der Waals surface area contributed by atoms with Crippen LogP contribution in [0.2, 0.25) is 0 Å². The van der Waals surface area contributed by atoms with Crippen molar-refractivity contribution in [2.75, 3.05) is 11.1 Å². The van der Waals surface area contributed by atoms with Crippen LogP contribution in [-0.4, -0.2) is 28.7 Å². The lowest BCUT2D eigenvalue weighted by molar-refractivity contribution is -0.128. The molecule has 148 valence electrons. The van der Waals surface area contributed by atoms with Gasteiger partial charge in [0.1, 0.15) is 5.82 Å². The van der Waals surface area contributed by atoms with Crippen molar-refractivity contribution in [2.24, 2.45) is 0 Å². The number of hydrogen-bond acceptors (Lipinski definition) is 4. The normalized spacial score (nSPS) is 11.4. The molecule has 28 heavy (non-hydrogen) atoms. The number of carbonyl (C=O) groups is 3. The van der Waals surface area contributed by atoms with Gasteiger partial charge in [-0.25, -0.2) is 4.39 Å². The summed E-state index contributed by atoms with van der Waals surface area (Å²) in [6.45, 7) is 3.60. The summed E-state index contributed by atoms with van der Waals surface area (Å²) in [5.41, 5.74) is 7.06. The highest BCUT2D eigenvalue weighted by atomic mass is 32.2. The smallest absolute Gasteiger partial charge is 0.251 e. The van der Waals surface area contributed by atoms with Crippen molar-refractivity contribution < 1.29 is 18.8 Å². The minimum absolute atomic E-state index is 0.0149. The zero-order chi connectivity index (χ0) is 20.5. The molecule has 0 spiro atoms. The van der Waals surface area contributed by atoms with Crippen molar-refractivity contribution in [1.82, 2.24) is 10.9 Å². The fraction of sp³-hybridized carbons (Fsp3) is 0.250. The Balaban J connectivity index is 1.68. The van der Waals surface area contributed by atoms with Gasteiger partial charge in [0, 0.05) is 5.69 Å². The van der Waals surface area contributed by atoms with E-state index >= 15 is 0 Å². The molecular formula is C20H22FN3O3S. The van der Waals surface area contributed by atoms with Crippen molar-refractivity contribution in [2.45, 2.75) is 25.5 Å². The van der Waals surface area contributed by atoms with Gasteiger partial charge in [-0.15, -0.1) is 11.8 Å². The van der Waals surface area contributed by atoms with E-state index in [1.165, 1.54) is 24.3 Å². The standard InChI is InChI=1S/C20H22FN3O3S/c1-13-3-9-17(10-4-13)22-19(26)12-28-14(2)20(27)24-23-18(25)11-15-5-7-16(21)8-6-15/h3-10,14H,11-12H2,1-2H3,(H,22,26)(H,23,25)(H,24,27)/t14-/m0/s1. The van der Waals surface area contributed by atoms with E-state index in [0.717, 1.165) is 17.3 Å². The summed E-state index contributed by atoms with van der Waals surface area (Å²) in [6.07, 6.45) is 0.0149. The summed E-state index contributed by atoms with van der Waals surface area (Å²) in [6, 6.07) is 12.9. The number of carbonyl (C=O) groups excluding carboxylic acids is 3. The lowest BCUT2D eigenvalue weighted by Crippen LogP contribution is -2.45. The van der Waals surface area contributed by atoms with E-state index in [4.69, 9.17) is 0 Å². The quantitative estimate of drug-likeness (QED) is 0.620. The summed E-state index contributed by atoms with van der Waals surface area (Å²) >= 11 is 1.16. The minimum Gasteiger partial charge on any atom is -0.325 e. The Hall–Kier alpha value is -2.87. The van der Waals surface area contributed by atoms with Crippen LogP contribution in [0.3, 0.4) is 0 Å². The molecule has 0 fully saturated rings. The number of amides is 3. The van der Waals surface area contributed by atoms with Gasteiger partial charge in [0.05, 0.1) is 17.4 Å². The summed E-state index contributed by atoms with van der Waals surface area (Å²) < 4.78 is 12.8. The molecule has 0 aliphatic carbocycles. The molecule has 2 aromatic carbocycles. The number of rotatable bonds is 7. The fourth-order valence-electron chi connectivity index (χ4n) is 2.18. The van der Waals surface area contributed by atoms with Crippen LogP contribution in [0.1, 0.15) is 18.1 Å². The minimum atomic E-state index is -0.533. The third-order valence-electron chi connectivity index (χ3n) is 3.77. The van der Waals surface area contributed by atoms with Gasteiger partial charge in [0.25, 0.3) is 5.91 Å². The van der Waals surface area contributed by atoms with E-state index in [0.29, 0.717) is 11.3 Å². The first-order chi connectivity index (χ1) is 13.3. The summed E-state index contributed by atoms with van der Waals surface area (Å²) in [5.74, 6) is -1.33. The molecule has 0 saturated carbocycles. The summed E-state index contributed by atoms with van der Waals surface area (Å²) in [7, 11) is 0. The first-order valence-corrected chi connectivity index (χ1v) is 9.69. The molecule has 3 amide bonds. The van der Waals surface area contributed by atoms with Crippen LogP contribution in [-0.2, 0) is 20.8 Å². The van der Waals surface area contributed by atoms with Crippen molar-refractivity contribution in [1.29, 1.82) is 0 Å². The third-order valence-corrected chi connectivity index (χ3v) is 4.91. The van der Waals surface area contributed by atoms with E-state index in [-0.39, 0.29) is 23.9 Å². The van der Waals surface area contributed by atoms with Gasteiger partial charge in [-0.1, -0.05) is 29.8 Å². The molecule has 6 nitrogen and oxygen atoms in total. The molecule has 0 aliphatic heterocycles. The number of hydrazine groups is 1. The lowest BCUT2D eigenvalue weighted by Gasteiger charge is -2.13. The number of thioether (sulfide) groups is 1. The predicted molar refractivity (Wildman–Crippen MR) is 108 cm³/mol. The van der Waals surface area contributed by atoms with Crippen LogP contribution in [0.25, 0.3) is 0 Å². The fourth-order valence-corrected chi connectivity index (χ4v) is 2.86. The van der Waals surface area contributed by atoms with E-state index in [1.807, 2.05) is 31.2 Å². The lowest BCUT2D eigenvalue weighted by atomic mass is 10.1. The maximum Gasteiger partial charge on any atom is 0.251 e. The van der Waals surface area contributed by atoms with Crippen LogP contribution >= 0.6 is 11.8 Å². The highest BCUT2D eigenvalue weighted by molar-refractivity contribution is 8.01. The Morgan fingerprint density at radius 2 is 1.61 bits per heavy atom. The molecule has 0 radical (unpaired) electrons. The third kappa shape index (κ3) is 7.40. The molecule has 2 aromatic rings. The van der Waals surface area contributed by atoms with Crippen LogP contribution in [0.4, 0.5) is 10.1 Å². The Bertz CT molecular complexity index is 826. The molecule has 0 aliphatic rings. The average Bonchev–Trinajstić information content (AvgIpc) is 2.67. The van der Waals surface area contributed by atoms with Gasteiger partial charge in [-0.3, -0.25) is 25.2 Å². The van der Waals surface area contributed by atoms with Crippen molar-refractivity contribution in [3.8, 4) is 0 Å². The van der Waals surface area contributed by atoms with Crippen LogP contribution in [0.15, 0.2) is 48.5 Å². The van der Waals surface area contributed by atoms with Crippen molar-refractivity contribution in [3.05, 3.63) is 65.5 Å². The van der Waals surface area contributed by atoms with Gasteiger partial charge in [-0.2, -0.15) is 0 Å². The van der Waals surface area contributed by atoms with E-state index in [2.05, 4.69) is 16.2 Å². The van der Waals surface area contributed by atoms with Gasteiger partial charge in [-0.05, 0) is 43.7 Å². The SMILES string of the molecule is Cc1ccc(NC(=O)CS[C@@H](C)C(=O)NNC(=O)Cc2ccc(F)cc2)cc1. The van der Waals surface area contributed by atoms with Crippen LogP contribution in [0.5, 0.6) is 0 Å². The summed E-state index contributed by atoms with van der Waals surface area (Å²) in [5, 5.41) is 2.22. The largest absolute Gasteiger partial charge is 0.325 e. The molecule has 2 rings (SSSR count). The number of anilines is 1. The Morgan fingerprint density at radius 1 is 0.964 bits per heavy atom. The molecule has 0 saturated heterocycles. The maximum atomic E-state index is 12.8. The molecule has 0 aromatic heterocycles. The Kier molecular flexibility index (Phi) is 8.01. The summed E-state index contributed by atoms with van der Waals surface area (Å²) in [4.78, 5) is 35.8. The maximum absolute atomic E-state index is 12.8. The number of nitrogens with one attached hydrogen (secondary N) is 3. The highest BCUT2D eigenvalue weighted by Gasteiger charge is 2.16. The zero-order valence-electron chi connectivity index (χ0n) is 15.6. The van der Waals surface area contributed by atoms with E-state index < -0.39 is 17.1 Å². The zero-order valence-corrected chi connectivity index (χ0v) is 16.4.